The fraction of sp³-hybridized carbons (Fsp3) is 0.320. The molecule has 2 N–H and O–H groups in total. The standard InChI is InChI=1S/C25H25F3N4O3/c1-14(2)10-15-6-4-9-19-20(15)21(22(31-23(19)33)16-12-29-32(3)13-16)24(34)30-17-7-5-8-18(11-17)35-25(26,27)28/h4-9,11-14,21-22H,10H2,1-3H3,(H,30,34)(H,31,33). The molecule has 0 fully saturated rings. The molecule has 2 heterocycles. The van der Waals surface area contributed by atoms with Gasteiger partial charge in [-0.05, 0) is 41.7 Å². The van der Waals surface area contributed by atoms with Crippen molar-refractivity contribution < 1.29 is 27.5 Å². The molecular weight excluding hydrogens is 461 g/mol. The summed E-state index contributed by atoms with van der Waals surface area (Å²) < 4.78 is 43.5. The van der Waals surface area contributed by atoms with Crippen LogP contribution in [0, 0.1) is 5.92 Å². The minimum atomic E-state index is -4.85. The highest BCUT2D eigenvalue weighted by molar-refractivity contribution is 6.04. The lowest BCUT2D eigenvalue weighted by Gasteiger charge is -2.34. The summed E-state index contributed by atoms with van der Waals surface area (Å²) in [5.41, 5.74) is 2.66. The van der Waals surface area contributed by atoms with E-state index in [9.17, 15) is 22.8 Å². The van der Waals surface area contributed by atoms with Crippen molar-refractivity contribution in [2.75, 3.05) is 5.32 Å². The van der Waals surface area contributed by atoms with Crippen LogP contribution in [0.4, 0.5) is 18.9 Å². The SMILES string of the molecule is CC(C)Cc1cccc2c1C(C(=O)Nc1cccc(OC(F)(F)F)c1)C(c1cnn(C)c1)NC2=O. The fourth-order valence-electron chi connectivity index (χ4n) is 4.42. The number of aryl methyl sites for hydroxylation is 1. The number of nitrogens with zero attached hydrogens (tertiary/aromatic N) is 2. The molecule has 2 unspecified atom stereocenters. The van der Waals surface area contributed by atoms with Gasteiger partial charge in [-0.2, -0.15) is 5.10 Å². The van der Waals surface area contributed by atoms with Crippen molar-refractivity contribution in [3.63, 3.8) is 0 Å². The molecule has 0 bridgehead atoms. The Labute approximate surface area is 200 Å². The van der Waals surface area contributed by atoms with Crippen LogP contribution in [0.5, 0.6) is 5.75 Å². The summed E-state index contributed by atoms with van der Waals surface area (Å²) in [4.78, 5) is 26.7. The first kappa shape index (κ1) is 24.3. The summed E-state index contributed by atoms with van der Waals surface area (Å²) >= 11 is 0. The summed E-state index contributed by atoms with van der Waals surface area (Å²) in [6.45, 7) is 4.09. The monoisotopic (exact) mass is 486 g/mol. The van der Waals surface area contributed by atoms with Gasteiger partial charge in [-0.3, -0.25) is 14.3 Å². The number of aromatic nitrogens is 2. The molecule has 0 aliphatic carbocycles. The van der Waals surface area contributed by atoms with Gasteiger partial charge in [0.15, 0.2) is 0 Å². The van der Waals surface area contributed by atoms with Crippen molar-refractivity contribution in [1.82, 2.24) is 15.1 Å². The second kappa shape index (κ2) is 9.44. The Hall–Kier alpha value is -3.82. The number of alkyl halides is 3. The number of amides is 2. The van der Waals surface area contributed by atoms with Crippen LogP contribution >= 0.6 is 0 Å². The summed E-state index contributed by atoms with van der Waals surface area (Å²) in [7, 11) is 1.73. The molecule has 2 atom stereocenters. The average Bonchev–Trinajstić information content (AvgIpc) is 3.19. The lowest BCUT2D eigenvalue weighted by atomic mass is 9.77. The first-order valence-corrected chi connectivity index (χ1v) is 11.1. The van der Waals surface area contributed by atoms with Gasteiger partial charge in [-0.1, -0.05) is 32.0 Å². The third-order valence-corrected chi connectivity index (χ3v) is 5.70. The van der Waals surface area contributed by atoms with E-state index in [-0.39, 0.29) is 17.5 Å². The maximum atomic E-state index is 13.7. The van der Waals surface area contributed by atoms with Crippen LogP contribution in [-0.4, -0.2) is 28.0 Å². The normalized spacial score (nSPS) is 17.6. The fourth-order valence-corrected chi connectivity index (χ4v) is 4.42. The van der Waals surface area contributed by atoms with E-state index in [0.29, 0.717) is 23.1 Å². The number of nitrogens with one attached hydrogen (secondary N) is 2. The molecule has 4 rings (SSSR count). The van der Waals surface area contributed by atoms with E-state index in [4.69, 9.17) is 0 Å². The predicted molar refractivity (Wildman–Crippen MR) is 123 cm³/mol. The molecule has 2 aromatic carbocycles. The molecule has 1 aliphatic heterocycles. The molecule has 3 aromatic rings. The van der Waals surface area contributed by atoms with E-state index in [2.05, 4.69) is 20.5 Å². The Morgan fingerprint density at radius 3 is 2.63 bits per heavy atom. The van der Waals surface area contributed by atoms with Crippen molar-refractivity contribution in [3.05, 3.63) is 77.1 Å². The number of anilines is 1. The van der Waals surface area contributed by atoms with Gasteiger partial charge in [0.1, 0.15) is 5.75 Å². The summed E-state index contributed by atoms with van der Waals surface area (Å²) in [6.07, 6.45) is -0.903. The van der Waals surface area contributed by atoms with Crippen LogP contribution < -0.4 is 15.4 Å². The van der Waals surface area contributed by atoms with E-state index in [1.807, 2.05) is 19.9 Å². The number of fused-ring (bicyclic) bond motifs is 1. The number of carbonyl (C=O) groups is 2. The van der Waals surface area contributed by atoms with Gasteiger partial charge in [-0.25, -0.2) is 0 Å². The number of ether oxygens (including phenoxy) is 1. The van der Waals surface area contributed by atoms with E-state index in [1.165, 1.54) is 12.1 Å². The van der Waals surface area contributed by atoms with Gasteiger partial charge in [0.05, 0.1) is 18.2 Å². The highest BCUT2D eigenvalue weighted by atomic mass is 19.4. The minimum Gasteiger partial charge on any atom is -0.406 e. The van der Waals surface area contributed by atoms with Crippen LogP contribution in [0.2, 0.25) is 0 Å². The maximum Gasteiger partial charge on any atom is 0.573 e. The molecule has 7 nitrogen and oxygen atoms in total. The highest BCUT2D eigenvalue weighted by Crippen LogP contribution is 2.40. The van der Waals surface area contributed by atoms with Crippen LogP contribution in [0.25, 0.3) is 0 Å². The maximum absolute atomic E-state index is 13.7. The molecule has 1 aromatic heterocycles. The predicted octanol–water partition coefficient (Wildman–Crippen LogP) is 4.72. The summed E-state index contributed by atoms with van der Waals surface area (Å²) in [6, 6.07) is 9.73. The molecule has 35 heavy (non-hydrogen) atoms. The zero-order chi connectivity index (χ0) is 25.3. The minimum absolute atomic E-state index is 0.140. The Kier molecular flexibility index (Phi) is 6.56. The first-order valence-electron chi connectivity index (χ1n) is 11.1. The van der Waals surface area contributed by atoms with Crippen molar-refractivity contribution in [3.8, 4) is 5.75 Å². The number of halogens is 3. The second-order valence-electron chi connectivity index (χ2n) is 8.92. The van der Waals surface area contributed by atoms with Gasteiger partial charge in [0.25, 0.3) is 5.91 Å². The molecule has 0 radical (unpaired) electrons. The molecule has 184 valence electrons. The summed E-state index contributed by atoms with van der Waals surface area (Å²) in [5, 5.41) is 9.81. The third kappa shape index (κ3) is 5.47. The quantitative estimate of drug-likeness (QED) is 0.528. The van der Waals surface area contributed by atoms with Crippen LogP contribution in [0.3, 0.4) is 0 Å². The molecule has 2 amide bonds. The molecule has 0 saturated heterocycles. The van der Waals surface area contributed by atoms with Crippen LogP contribution in [0.1, 0.15) is 52.9 Å². The van der Waals surface area contributed by atoms with Crippen molar-refractivity contribution in [2.45, 2.75) is 38.6 Å². The molecular formula is C25H25F3N4O3. The molecule has 0 spiro atoms. The van der Waals surface area contributed by atoms with Crippen LogP contribution in [-0.2, 0) is 18.3 Å². The number of hydrogen-bond donors (Lipinski definition) is 2. The first-order chi connectivity index (χ1) is 16.5. The molecule has 0 saturated carbocycles. The van der Waals surface area contributed by atoms with Gasteiger partial charge >= 0.3 is 6.36 Å². The zero-order valence-corrected chi connectivity index (χ0v) is 19.4. The topological polar surface area (TPSA) is 85.2 Å². The van der Waals surface area contributed by atoms with Crippen LogP contribution in [0.15, 0.2) is 54.9 Å². The Bertz CT molecular complexity index is 1250. The third-order valence-electron chi connectivity index (χ3n) is 5.70. The number of benzene rings is 2. The van der Waals surface area contributed by atoms with Crippen molar-refractivity contribution >= 4 is 17.5 Å². The van der Waals surface area contributed by atoms with Crippen molar-refractivity contribution in [2.24, 2.45) is 13.0 Å². The lowest BCUT2D eigenvalue weighted by molar-refractivity contribution is -0.274. The van der Waals surface area contributed by atoms with E-state index in [0.717, 1.165) is 17.7 Å². The summed E-state index contributed by atoms with van der Waals surface area (Å²) in [5.74, 6) is -1.79. The van der Waals surface area contributed by atoms with Crippen molar-refractivity contribution in [1.29, 1.82) is 0 Å². The Morgan fingerprint density at radius 1 is 1.23 bits per heavy atom. The molecule has 10 heteroatoms. The average molecular weight is 486 g/mol. The van der Waals surface area contributed by atoms with Gasteiger partial charge in [0, 0.05) is 36.1 Å². The van der Waals surface area contributed by atoms with E-state index < -0.39 is 30.0 Å². The van der Waals surface area contributed by atoms with Gasteiger partial charge in [0.2, 0.25) is 5.91 Å². The highest BCUT2D eigenvalue weighted by Gasteiger charge is 2.41. The molecule has 1 aliphatic rings. The van der Waals surface area contributed by atoms with E-state index in [1.54, 1.807) is 36.3 Å². The number of rotatable bonds is 6. The Morgan fingerprint density at radius 2 is 1.97 bits per heavy atom. The van der Waals surface area contributed by atoms with Gasteiger partial charge in [-0.15, -0.1) is 13.2 Å². The second-order valence-corrected chi connectivity index (χ2v) is 8.92. The van der Waals surface area contributed by atoms with E-state index >= 15 is 0 Å². The Balaban J connectivity index is 1.76. The largest absolute Gasteiger partial charge is 0.573 e. The number of hydrogen-bond acceptors (Lipinski definition) is 4. The smallest absolute Gasteiger partial charge is 0.406 e. The lowest BCUT2D eigenvalue weighted by Crippen LogP contribution is -2.43. The zero-order valence-electron chi connectivity index (χ0n) is 19.4. The number of carbonyl (C=O) groups excluding carboxylic acids is 2. The van der Waals surface area contributed by atoms with Gasteiger partial charge < -0.3 is 15.4 Å².